The van der Waals surface area contributed by atoms with Crippen molar-refractivity contribution in [3.8, 4) is 0 Å². The van der Waals surface area contributed by atoms with E-state index < -0.39 is 11.5 Å². The molecule has 0 radical (unpaired) electrons. The molecule has 2 amide bonds. The van der Waals surface area contributed by atoms with Gasteiger partial charge in [-0.1, -0.05) is 57.4 Å². The Morgan fingerprint density at radius 3 is 2.47 bits per heavy atom. The normalized spacial score (nSPS) is 23.4. The lowest BCUT2D eigenvalue weighted by Crippen LogP contribution is -2.56. The van der Waals surface area contributed by atoms with Crippen LogP contribution in [0.5, 0.6) is 0 Å². The maximum absolute atomic E-state index is 14.0. The van der Waals surface area contributed by atoms with E-state index in [0.29, 0.717) is 54.6 Å². The summed E-state index contributed by atoms with van der Waals surface area (Å²) in [6.45, 7) is 7.08. The fourth-order valence-electron chi connectivity index (χ4n) is 7.74. The number of carboxylic acids is 1. The van der Waals surface area contributed by atoms with Crippen LogP contribution in [0.25, 0.3) is 6.08 Å². The van der Waals surface area contributed by atoms with Gasteiger partial charge in [-0.3, -0.25) is 9.59 Å². The number of ether oxygens (including phenoxy) is 2. The van der Waals surface area contributed by atoms with Crippen LogP contribution in [-0.2, 0) is 19.1 Å². The number of fused-ring (bicyclic) bond motifs is 3. The smallest absolute Gasteiger partial charge is 0.328 e. The molecule has 0 spiro atoms. The van der Waals surface area contributed by atoms with E-state index >= 15 is 0 Å². The average molecular weight is 670 g/mol. The van der Waals surface area contributed by atoms with Crippen molar-refractivity contribution >= 4 is 35.2 Å². The number of carbonyl (C=O) groups excluding carboxylic acids is 2. The van der Waals surface area contributed by atoms with Crippen molar-refractivity contribution in [1.82, 2.24) is 5.32 Å². The van der Waals surface area contributed by atoms with Gasteiger partial charge in [0.2, 0.25) is 5.91 Å². The van der Waals surface area contributed by atoms with Crippen LogP contribution in [0, 0.1) is 5.92 Å². The van der Waals surface area contributed by atoms with Crippen LogP contribution >= 0.6 is 0 Å². The number of hydrogen-bond acceptors (Lipinski definition) is 6. The Balaban J connectivity index is 1.40. The maximum atomic E-state index is 14.0. The third-order valence-electron chi connectivity index (χ3n) is 10.5. The summed E-state index contributed by atoms with van der Waals surface area (Å²) in [5, 5.41) is 15.0. The number of amides is 2. The Labute approximate surface area is 290 Å². The minimum Gasteiger partial charge on any atom is -0.497 e. The molecule has 3 aliphatic rings. The topological polar surface area (TPSA) is 117 Å². The van der Waals surface area contributed by atoms with Gasteiger partial charge >= 0.3 is 5.97 Å². The molecule has 3 atom stereocenters. The predicted molar refractivity (Wildman–Crippen MR) is 194 cm³/mol. The number of nitrogens with one attached hydrogen (secondary N) is 2. The quantitative estimate of drug-likeness (QED) is 0.225. The molecule has 9 heteroatoms. The predicted octanol–water partition coefficient (Wildman–Crippen LogP) is 7.46. The van der Waals surface area contributed by atoms with Gasteiger partial charge in [-0.15, -0.1) is 0 Å². The molecule has 0 bridgehead atoms. The molecule has 1 fully saturated rings. The number of nitrogens with zero attached hydrogens (tertiary/aromatic N) is 1. The maximum Gasteiger partial charge on any atom is 0.328 e. The van der Waals surface area contributed by atoms with Crippen LogP contribution in [0.1, 0.15) is 99.5 Å². The van der Waals surface area contributed by atoms with Gasteiger partial charge in [-0.05, 0) is 98.6 Å². The molecule has 2 heterocycles. The van der Waals surface area contributed by atoms with Crippen LogP contribution in [-0.4, -0.2) is 60.8 Å². The second-order valence-corrected chi connectivity index (χ2v) is 13.4. The summed E-state index contributed by atoms with van der Waals surface area (Å²) < 4.78 is 11.8. The lowest BCUT2D eigenvalue weighted by molar-refractivity contribution is -0.131. The Kier molecular flexibility index (Phi) is 12.0. The fraction of sp³-hybridized carbons (Fsp3) is 0.475. The van der Waals surface area contributed by atoms with Crippen molar-refractivity contribution in [2.75, 3.05) is 30.5 Å². The molecular weight excluding hydrogens is 618 g/mol. The van der Waals surface area contributed by atoms with E-state index in [-0.39, 0.29) is 24.0 Å². The molecule has 5 rings (SSSR count). The standard InChI is InChI=1S/C40H51N3O6/c1-5-40(6-2,39(47)41-31-19-15-28(16-20-31)17-22-36(44)45)42-38(46)30-18-21-33-35(26-30)43-23-24-49-27(3)25-32(48-4)13-10-14-34(43)37(33)29-11-8-7-9-12-29/h10,13,15-22,25-27,29,34,37H,5-9,11-12,14,23-24H2,1-4H3,(H,41,47)(H,42,46)(H,44,45)/b13-10-,22-17+,32-25+. The van der Waals surface area contributed by atoms with Crippen molar-refractivity contribution in [2.45, 2.75) is 95.7 Å². The Hall–Kier alpha value is -4.37. The van der Waals surface area contributed by atoms with Crippen molar-refractivity contribution in [3.63, 3.8) is 0 Å². The van der Waals surface area contributed by atoms with Crippen molar-refractivity contribution in [2.24, 2.45) is 5.92 Å². The van der Waals surface area contributed by atoms with Gasteiger partial charge in [0.15, 0.2) is 0 Å². The summed E-state index contributed by atoms with van der Waals surface area (Å²) in [7, 11) is 1.69. The molecule has 3 unspecified atom stereocenters. The van der Waals surface area contributed by atoms with Crippen LogP contribution in [0.2, 0.25) is 0 Å². The zero-order valence-electron chi connectivity index (χ0n) is 29.2. The second-order valence-electron chi connectivity index (χ2n) is 13.4. The lowest BCUT2D eigenvalue weighted by atomic mass is 9.74. The van der Waals surface area contributed by atoms with E-state index in [4.69, 9.17) is 14.6 Å². The van der Waals surface area contributed by atoms with Crippen molar-refractivity contribution < 1.29 is 29.0 Å². The van der Waals surface area contributed by atoms with Crippen molar-refractivity contribution in [3.05, 3.63) is 89.2 Å². The van der Waals surface area contributed by atoms with Crippen LogP contribution in [0.4, 0.5) is 11.4 Å². The molecule has 2 aromatic carbocycles. The average Bonchev–Trinajstić information content (AvgIpc) is 3.40. The summed E-state index contributed by atoms with van der Waals surface area (Å²) in [6.07, 6.45) is 16.6. The van der Waals surface area contributed by atoms with E-state index in [1.807, 2.05) is 45.1 Å². The first-order chi connectivity index (χ1) is 23.7. The van der Waals surface area contributed by atoms with E-state index in [9.17, 15) is 14.4 Å². The van der Waals surface area contributed by atoms with E-state index in [1.165, 1.54) is 43.7 Å². The molecule has 49 heavy (non-hydrogen) atoms. The Morgan fingerprint density at radius 2 is 1.80 bits per heavy atom. The van der Waals surface area contributed by atoms with Gasteiger partial charge in [0, 0.05) is 41.5 Å². The molecule has 2 aliphatic heterocycles. The monoisotopic (exact) mass is 669 g/mol. The SMILES string of the molecule is CCC(CC)(NC(=O)c1ccc2c(c1)N1CCOC(C)/C=C(OC)\C=C/CC1C2C1CCCCC1)C(=O)Nc1ccc(/C=C/C(=O)O)cc1. The first-order valence-electron chi connectivity index (χ1n) is 17.8. The van der Waals surface area contributed by atoms with Gasteiger partial charge in [0.05, 0.1) is 19.8 Å². The number of allylic oxidation sites excluding steroid dienone is 1. The van der Waals surface area contributed by atoms with Crippen molar-refractivity contribution in [1.29, 1.82) is 0 Å². The van der Waals surface area contributed by atoms with Crippen LogP contribution in [0.15, 0.2) is 72.5 Å². The fourth-order valence-corrected chi connectivity index (χ4v) is 7.74. The number of anilines is 2. The zero-order chi connectivity index (χ0) is 35.0. The minimum atomic E-state index is -1.12. The second kappa shape index (κ2) is 16.4. The Bertz CT molecular complexity index is 1570. The highest BCUT2D eigenvalue weighted by molar-refractivity contribution is 6.04. The largest absolute Gasteiger partial charge is 0.497 e. The number of hydrogen-bond donors (Lipinski definition) is 3. The summed E-state index contributed by atoms with van der Waals surface area (Å²) in [6, 6.07) is 13.2. The van der Waals surface area contributed by atoms with Gasteiger partial charge in [-0.25, -0.2) is 4.79 Å². The summed E-state index contributed by atoms with van der Waals surface area (Å²) in [5.74, 6) is 0.120. The molecule has 1 saturated carbocycles. The van der Waals surface area contributed by atoms with Gasteiger partial charge in [-0.2, -0.15) is 0 Å². The molecule has 1 aliphatic carbocycles. The number of carboxylic acid groups (broad SMARTS) is 1. The molecule has 0 saturated heterocycles. The first kappa shape index (κ1) is 35.9. The molecule has 0 aromatic heterocycles. The lowest BCUT2D eigenvalue weighted by Gasteiger charge is -2.35. The van der Waals surface area contributed by atoms with Gasteiger partial charge in [0.1, 0.15) is 11.3 Å². The summed E-state index contributed by atoms with van der Waals surface area (Å²) in [5.41, 5.74) is 3.04. The third kappa shape index (κ3) is 8.44. The highest BCUT2D eigenvalue weighted by atomic mass is 16.5. The number of carbonyl (C=O) groups is 3. The molecule has 3 N–H and O–H groups in total. The highest BCUT2D eigenvalue weighted by Gasteiger charge is 2.43. The van der Waals surface area contributed by atoms with E-state index in [2.05, 4.69) is 27.7 Å². The molecule has 2 aromatic rings. The highest BCUT2D eigenvalue weighted by Crippen LogP contribution is 2.50. The number of rotatable bonds is 10. The minimum absolute atomic E-state index is 0.0986. The zero-order valence-corrected chi connectivity index (χ0v) is 29.2. The number of methoxy groups -OCH3 is 1. The van der Waals surface area contributed by atoms with Crippen LogP contribution in [0.3, 0.4) is 0 Å². The Morgan fingerprint density at radius 1 is 1.06 bits per heavy atom. The number of aliphatic carboxylic acids is 1. The summed E-state index contributed by atoms with van der Waals surface area (Å²) >= 11 is 0. The van der Waals surface area contributed by atoms with E-state index in [1.54, 1.807) is 31.4 Å². The third-order valence-corrected chi connectivity index (χ3v) is 10.5. The summed E-state index contributed by atoms with van der Waals surface area (Å²) in [4.78, 5) is 41.0. The molecule has 9 nitrogen and oxygen atoms in total. The van der Waals surface area contributed by atoms with E-state index in [0.717, 1.165) is 23.9 Å². The van der Waals surface area contributed by atoms with Gasteiger partial charge < -0.3 is 30.1 Å². The molecule has 262 valence electrons. The van der Waals surface area contributed by atoms with Gasteiger partial charge in [0.25, 0.3) is 5.91 Å². The van der Waals surface area contributed by atoms with Crippen LogP contribution < -0.4 is 15.5 Å². The first-order valence-corrected chi connectivity index (χ1v) is 17.8. The number of benzene rings is 2. The molecular formula is C40H51N3O6.